The van der Waals surface area contributed by atoms with Crippen LogP contribution in [0.3, 0.4) is 0 Å². The van der Waals surface area contributed by atoms with Crippen LogP contribution >= 0.6 is 15.9 Å². The second kappa shape index (κ2) is 4.53. The molecule has 0 fully saturated rings. The van der Waals surface area contributed by atoms with Crippen molar-refractivity contribution in [2.75, 3.05) is 0 Å². The summed E-state index contributed by atoms with van der Waals surface area (Å²) in [6, 6.07) is 7.06. The lowest BCUT2D eigenvalue weighted by molar-refractivity contribution is 0.0968. The van der Waals surface area contributed by atoms with E-state index < -0.39 is 6.04 Å². The van der Waals surface area contributed by atoms with E-state index in [4.69, 9.17) is 5.73 Å². The van der Waals surface area contributed by atoms with E-state index in [9.17, 15) is 4.79 Å². The molecule has 1 aromatic carbocycles. The molecule has 3 heteroatoms. The molecule has 0 unspecified atom stereocenters. The lowest BCUT2D eigenvalue weighted by Crippen LogP contribution is -2.26. The lowest BCUT2D eigenvalue weighted by Gasteiger charge is -2.05. The average Bonchev–Trinajstić information content (AvgIpc) is 2.16. The van der Waals surface area contributed by atoms with Crippen molar-refractivity contribution < 1.29 is 4.79 Å². The van der Waals surface area contributed by atoms with Gasteiger partial charge in [0.1, 0.15) is 0 Å². The van der Waals surface area contributed by atoms with E-state index in [1.165, 1.54) is 0 Å². The van der Waals surface area contributed by atoms with E-state index in [0.29, 0.717) is 5.56 Å². The van der Waals surface area contributed by atoms with E-state index in [1.54, 1.807) is 13.0 Å². The molecule has 0 amide bonds. The fourth-order valence-electron chi connectivity index (χ4n) is 1.07. The molecule has 0 aromatic heterocycles. The quantitative estimate of drug-likeness (QED) is 0.651. The van der Waals surface area contributed by atoms with Crippen LogP contribution in [0.5, 0.6) is 0 Å². The van der Waals surface area contributed by atoms with Gasteiger partial charge in [0.2, 0.25) is 0 Å². The Morgan fingerprint density at radius 1 is 1.62 bits per heavy atom. The van der Waals surface area contributed by atoms with Gasteiger partial charge in [0.05, 0.1) is 6.04 Å². The molecule has 1 aromatic rings. The van der Waals surface area contributed by atoms with Gasteiger partial charge in [-0.2, -0.15) is 0 Å². The number of nitrogens with two attached hydrogens (primary N) is 1. The Morgan fingerprint density at radius 3 is 2.85 bits per heavy atom. The van der Waals surface area contributed by atoms with Gasteiger partial charge in [-0.15, -0.1) is 0 Å². The van der Waals surface area contributed by atoms with Crippen molar-refractivity contribution in [1.29, 1.82) is 0 Å². The fraction of sp³-hybridized carbons (Fsp3) is 0.300. The minimum Gasteiger partial charge on any atom is -0.321 e. The topological polar surface area (TPSA) is 43.1 Å². The second-order valence-electron chi connectivity index (χ2n) is 2.99. The number of alkyl halides is 1. The molecule has 1 atom stereocenters. The highest BCUT2D eigenvalue weighted by atomic mass is 79.9. The largest absolute Gasteiger partial charge is 0.321 e. The van der Waals surface area contributed by atoms with Crippen molar-refractivity contribution in [3.05, 3.63) is 35.4 Å². The molecular formula is C10H12BrNO. The van der Waals surface area contributed by atoms with Gasteiger partial charge >= 0.3 is 0 Å². The van der Waals surface area contributed by atoms with Gasteiger partial charge in [-0.3, -0.25) is 4.79 Å². The minimum atomic E-state index is -0.425. The van der Waals surface area contributed by atoms with Crippen molar-refractivity contribution in [3.8, 4) is 0 Å². The first-order valence-corrected chi connectivity index (χ1v) is 5.22. The van der Waals surface area contributed by atoms with Gasteiger partial charge in [-0.25, -0.2) is 0 Å². The molecule has 0 saturated heterocycles. The van der Waals surface area contributed by atoms with Gasteiger partial charge in [0.15, 0.2) is 5.78 Å². The number of halogens is 1. The smallest absolute Gasteiger partial charge is 0.179 e. The van der Waals surface area contributed by atoms with Gasteiger partial charge < -0.3 is 5.73 Å². The predicted molar refractivity (Wildman–Crippen MR) is 57.1 cm³/mol. The van der Waals surface area contributed by atoms with Crippen molar-refractivity contribution in [2.45, 2.75) is 18.3 Å². The van der Waals surface area contributed by atoms with E-state index in [-0.39, 0.29) is 5.78 Å². The Labute approximate surface area is 86.3 Å². The maximum atomic E-state index is 11.5. The molecule has 0 aliphatic heterocycles. The SMILES string of the molecule is C[C@H](N)C(=O)c1cccc(CBr)c1. The Balaban J connectivity index is 2.95. The molecule has 0 spiro atoms. The molecule has 0 heterocycles. The highest BCUT2D eigenvalue weighted by Gasteiger charge is 2.10. The third-order valence-electron chi connectivity index (χ3n) is 1.78. The van der Waals surface area contributed by atoms with Crippen LogP contribution in [0.1, 0.15) is 22.8 Å². The molecule has 2 N–H and O–H groups in total. The van der Waals surface area contributed by atoms with Crippen molar-refractivity contribution in [3.63, 3.8) is 0 Å². The Morgan fingerprint density at radius 2 is 2.31 bits per heavy atom. The Bertz CT molecular complexity index is 310. The zero-order valence-corrected chi connectivity index (χ0v) is 9.04. The summed E-state index contributed by atoms with van der Waals surface area (Å²) in [4.78, 5) is 11.5. The molecule has 2 nitrogen and oxygen atoms in total. The second-order valence-corrected chi connectivity index (χ2v) is 3.55. The number of rotatable bonds is 3. The summed E-state index contributed by atoms with van der Waals surface area (Å²) in [5.74, 6) is -0.0113. The molecule has 0 bridgehead atoms. The number of hydrogen-bond donors (Lipinski definition) is 1. The van der Waals surface area contributed by atoms with Crippen LogP contribution in [0.4, 0.5) is 0 Å². The molecule has 0 radical (unpaired) electrons. The zero-order valence-electron chi connectivity index (χ0n) is 7.46. The van der Waals surface area contributed by atoms with Crippen LogP contribution in [0, 0.1) is 0 Å². The van der Waals surface area contributed by atoms with Crippen molar-refractivity contribution >= 4 is 21.7 Å². The van der Waals surface area contributed by atoms with Gasteiger partial charge in [-0.05, 0) is 18.6 Å². The van der Waals surface area contributed by atoms with Crippen LogP contribution in [-0.2, 0) is 5.33 Å². The highest BCUT2D eigenvalue weighted by Crippen LogP contribution is 2.10. The van der Waals surface area contributed by atoms with Crippen molar-refractivity contribution in [1.82, 2.24) is 0 Å². The number of carbonyl (C=O) groups excluding carboxylic acids is 1. The lowest BCUT2D eigenvalue weighted by atomic mass is 10.0. The number of benzene rings is 1. The van der Waals surface area contributed by atoms with Gasteiger partial charge in [0.25, 0.3) is 0 Å². The molecule has 1 rings (SSSR count). The average molecular weight is 242 g/mol. The summed E-state index contributed by atoms with van der Waals surface area (Å²) in [6.45, 7) is 1.70. The van der Waals surface area contributed by atoms with Crippen LogP contribution < -0.4 is 5.73 Å². The highest BCUT2D eigenvalue weighted by molar-refractivity contribution is 9.08. The van der Waals surface area contributed by atoms with E-state index in [0.717, 1.165) is 10.9 Å². The summed E-state index contributed by atoms with van der Waals surface area (Å²) in [7, 11) is 0. The van der Waals surface area contributed by atoms with E-state index in [2.05, 4.69) is 15.9 Å². The van der Waals surface area contributed by atoms with Crippen molar-refractivity contribution in [2.24, 2.45) is 5.73 Å². The first-order chi connectivity index (χ1) is 6.15. The predicted octanol–water partition coefficient (Wildman–Crippen LogP) is 2.11. The van der Waals surface area contributed by atoms with Crippen LogP contribution in [0.2, 0.25) is 0 Å². The molecule has 70 valence electrons. The summed E-state index contributed by atoms with van der Waals surface area (Å²) in [6.07, 6.45) is 0. The molecule has 0 aliphatic rings. The Hall–Kier alpha value is -0.670. The number of carbonyl (C=O) groups is 1. The normalized spacial score (nSPS) is 12.5. The van der Waals surface area contributed by atoms with Crippen LogP contribution in [0.15, 0.2) is 24.3 Å². The minimum absolute atomic E-state index is 0.0113. The standard InChI is InChI=1S/C10H12BrNO/c1-7(12)10(13)9-4-2-3-8(5-9)6-11/h2-5,7H,6,12H2,1H3/t7-/m0/s1. The van der Waals surface area contributed by atoms with Gasteiger partial charge in [-0.1, -0.05) is 34.1 Å². The molecule has 0 saturated carbocycles. The molecule has 0 aliphatic carbocycles. The maximum absolute atomic E-state index is 11.5. The summed E-state index contributed by atoms with van der Waals surface area (Å²) >= 11 is 3.34. The van der Waals surface area contributed by atoms with Gasteiger partial charge in [0, 0.05) is 10.9 Å². The van der Waals surface area contributed by atoms with Crippen LogP contribution in [-0.4, -0.2) is 11.8 Å². The fourth-order valence-corrected chi connectivity index (χ4v) is 1.42. The molecule has 13 heavy (non-hydrogen) atoms. The number of hydrogen-bond acceptors (Lipinski definition) is 2. The first-order valence-electron chi connectivity index (χ1n) is 4.10. The van der Waals surface area contributed by atoms with E-state index in [1.807, 2.05) is 18.2 Å². The Kier molecular flexibility index (Phi) is 3.63. The van der Waals surface area contributed by atoms with E-state index >= 15 is 0 Å². The molecular weight excluding hydrogens is 230 g/mol. The third kappa shape index (κ3) is 2.64. The first kappa shape index (κ1) is 10.4. The van der Waals surface area contributed by atoms with Crippen LogP contribution in [0.25, 0.3) is 0 Å². The zero-order chi connectivity index (χ0) is 9.84. The summed E-state index contributed by atoms with van der Waals surface area (Å²) in [5, 5.41) is 0.757. The summed E-state index contributed by atoms with van der Waals surface area (Å²) < 4.78 is 0. The number of ketones is 1. The maximum Gasteiger partial charge on any atom is 0.179 e. The third-order valence-corrected chi connectivity index (χ3v) is 2.43. The number of Topliss-reactive ketones (excluding diaryl/α,β-unsaturated/α-hetero) is 1. The monoisotopic (exact) mass is 241 g/mol. The summed E-state index contributed by atoms with van der Waals surface area (Å²) in [5.41, 5.74) is 7.27.